The van der Waals surface area contributed by atoms with Crippen LogP contribution >= 0.6 is 0 Å². The number of benzene rings is 1. The Morgan fingerprint density at radius 2 is 1.83 bits per heavy atom. The van der Waals surface area contributed by atoms with Gasteiger partial charge in [0.25, 0.3) is 0 Å². The standard InChI is InChI=1S/C14H12N2O2/c1-8-15-11-6-7-12(18)13(11)14(16-8)9-2-4-10(17)5-3-9/h2-5,17H,6-7H2,1H3. The van der Waals surface area contributed by atoms with Gasteiger partial charge in [0, 0.05) is 12.0 Å². The zero-order chi connectivity index (χ0) is 12.7. The number of carbonyl (C=O) groups excluding carboxylic acids is 1. The summed E-state index contributed by atoms with van der Waals surface area (Å²) in [6, 6.07) is 6.73. The molecule has 0 atom stereocenters. The molecule has 2 aromatic rings. The van der Waals surface area contributed by atoms with Gasteiger partial charge in [0.2, 0.25) is 0 Å². The number of aromatic hydroxyl groups is 1. The normalized spacial score (nSPS) is 13.7. The number of nitrogens with zero attached hydrogens (tertiary/aromatic N) is 2. The fourth-order valence-electron chi connectivity index (χ4n) is 2.29. The van der Waals surface area contributed by atoms with Gasteiger partial charge in [-0.15, -0.1) is 0 Å². The Balaban J connectivity index is 2.23. The lowest BCUT2D eigenvalue weighted by Gasteiger charge is -2.07. The second kappa shape index (κ2) is 3.91. The van der Waals surface area contributed by atoms with E-state index in [1.807, 2.05) is 6.92 Å². The van der Waals surface area contributed by atoms with E-state index in [1.54, 1.807) is 24.3 Å². The highest BCUT2D eigenvalue weighted by atomic mass is 16.3. The first-order valence-electron chi connectivity index (χ1n) is 5.85. The molecular formula is C14H12N2O2. The molecule has 3 rings (SSSR count). The van der Waals surface area contributed by atoms with Gasteiger partial charge in [-0.1, -0.05) is 0 Å². The van der Waals surface area contributed by atoms with Crippen molar-refractivity contribution < 1.29 is 9.90 Å². The molecule has 0 fully saturated rings. The summed E-state index contributed by atoms with van der Waals surface area (Å²) in [4.78, 5) is 20.6. The van der Waals surface area contributed by atoms with E-state index in [4.69, 9.17) is 0 Å². The Hall–Kier alpha value is -2.23. The number of carbonyl (C=O) groups is 1. The minimum atomic E-state index is 0.105. The highest BCUT2D eigenvalue weighted by Gasteiger charge is 2.26. The third-order valence-electron chi connectivity index (χ3n) is 3.10. The molecule has 0 unspecified atom stereocenters. The first-order chi connectivity index (χ1) is 8.65. The van der Waals surface area contributed by atoms with Gasteiger partial charge in [-0.05, 0) is 37.6 Å². The number of phenolic OH excluding ortho intramolecular Hbond substituents is 1. The number of aromatic nitrogens is 2. The van der Waals surface area contributed by atoms with Crippen LogP contribution in [0.25, 0.3) is 11.3 Å². The quantitative estimate of drug-likeness (QED) is 0.830. The SMILES string of the molecule is Cc1nc2c(c(-c3ccc(O)cc3)n1)C(=O)CC2. The summed E-state index contributed by atoms with van der Waals surface area (Å²) in [6.45, 7) is 1.83. The van der Waals surface area contributed by atoms with Crippen LogP contribution in [0.15, 0.2) is 24.3 Å². The van der Waals surface area contributed by atoms with Crippen LogP contribution in [0.1, 0.15) is 28.3 Å². The third-order valence-corrected chi connectivity index (χ3v) is 3.10. The maximum Gasteiger partial charge on any atom is 0.167 e. The molecular weight excluding hydrogens is 228 g/mol. The number of phenols is 1. The minimum Gasteiger partial charge on any atom is -0.508 e. The van der Waals surface area contributed by atoms with E-state index < -0.39 is 0 Å². The predicted octanol–water partition coefficient (Wildman–Crippen LogP) is 2.29. The molecule has 0 saturated heterocycles. The average Bonchev–Trinajstić information content (AvgIpc) is 2.71. The zero-order valence-electron chi connectivity index (χ0n) is 9.97. The Morgan fingerprint density at radius 3 is 2.56 bits per heavy atom. The summed E-state index contributed by atoms with van der Waals surface area (Å²) in [5, 5.41) is 9.30. The van der Waals surface area contributed by atoms with Gasteiger partial charge < -0.3 is 5.11 Å². The lowest BCUT2D eigenvalue weighted by Crippen LogP contribution is -2.03. The van der Waals surface area contributed by atoms with Crippen molar-refractivity contribution in [3.05, 3.63) is 41.3 Å². The van der Waals surface area contributed by atoms with Crippen LogP contribution in [-0.2, 0) is 6.42 Å². The van der Waals surface area contributed by atoms with Gasteiger partial charge in [0.05, 0.1) is 17.0 Å². The number of Topliss-reactive ketones (excluding diaryl/α,β-unsaturated/α-hetero) is 1. The molecule has 1 aliphatic rings. The summed E-state index contributed by atoms with van der Waals surface area (Å²) >= 11 is 0. The van der Waals surface area contributed by atoms with Gasteiger partial charge in [0.15, 0.2) is 5.78 Å². The van der Waals surface area contributed by atoms with Crippen LogP contribution in [0, 0.1) is 6.92 Å². The summed E-state index contributed by atoms with van der Waals surface area (Å²) in [6.07, 6.45) is 1.21. The number of aryl methyl sites for hydroxylation is 2. The van der Waals surface area contributed by atoms with Crippen LogP contribution < -0.4 is 0 Å². The molecule has 1 heterocycles. The molecule has 1 aromatic heterocycles. The van der Waals surface area contributed by atoms with Gasteiger partial charge in [0.1, 0.15) is 11.6 Å². The van der Waals surface area contributed by atoms with Gasteiger partial charge in [-0.3, -0.25) is 4.79 Å². The fraction of sp³-hybridized carbons (Fsp3) is 0.214. The van der Waals surface area contributed by atoms with Crippen molar-refractivity contribution in [3.8, 4) is 17.0 Å². The van der Waals surface area contributed by atoms with Crippen molar-refractivity contribution in [1.29, 1.82) is 0 Å². The molecule has 1 aliphatic carbocycles. The molecule has 4 heteroatoms. The first-order valence-corrected chi connectivity index (χ1v) is 5.85. The molecule has 0 aliphatic heterocycles. The molecule has 0 spiro atoms. The van der Waals surface area contributed by atoms with Crippen LogP contribution in [-0.4, -0.2) is 20.9 Å². The average molecular weight is 240 g/mol. The molecule has 0 bridgehead atoms. The van der Waals surface area contributed by atoms with Crippen LogP contribution in [0.3, 0.4) is 0 Å². The Labute approximate surface area is 104 Å². The van der Waals surface area contributed by atoms with Crippen molar-refractivity contribution in [2.45, 2.75) is 19.8 Å². The molecule has 1 N–H and O–H groups in total. The van der Waals surface area contributed by atoms with Gasteiger partial charge in [-0.2, -0.15) is 0 Å². The van der Waals surface area contributed by atoms with E-state index in [-0.39, 0.29) is 11.5 Å². The monoisotopic (exact) mass is 240 g/mol. The molecule has 1 aromatic carbocycles. The Kier molecular flexibility index (Phi) is 2.37. The number of ketones is 1. The molecule has 4 nitrogen and oxygen atoms in total. The number of fused-ring (bicyclic) bond motifs is 1. The number of rotatable bonds is 1. The number of hydrogen-bond acceptors (Lipinski definition) is 4. The van der Waals surface area contributed by atoms with Crippen molar-refractivity contribution >= 4 is 5.78 Å². The largest absolute Gasteiger partial charge is 0.508 e. The zero-order valence-corrected chi connectivity index (χ0v) is 9.97. The van der Waals surface area contributed by atoms with Crippen molar-refractivity contribution in [3.63, 3.8) is 0 Å². The number of hydrogen-bond donors (Lipinski definition) is 1. The van der Waals surface area contributed by atoms with Crippen LogP contribution in [0.4, 0.5) is 0 Å². The maximum atomic E-state index is 11.9. The van der Waals surface area contributed by atoms with E-state index in [1.165, 1.54) is 0 Å². The second-order valence-electron chi connectivity index (χ2n) is 4.41. The summed E-state index contributed by atoms with van der Waals surface area (Å²) < 4.78 is 0. The lowest BCUT2D eigenvalue weighted by molar-refractivity contribution is 0.0995. The highest BCUT2D eigenvalue weighted by molar-refractivity contribution is 6.04. The third kappa shape index (κ3) is 1.66. The summed E-state index contributed by atoms with van der Waals surface area (Å²) in [5.74, 6) is 0.979. The summed E-state index contributed by atoms with van der Waals surface area (Å²) in [7, 11) is 0. The molecule has 0 radical (unpaired) electrons. The van der Waals surface area contributed by atoms with Crippen molar-refractivity contribution in [2.75, 3.05) is 0 Å². The summed E-state index contributed by atoms with van der Waals surface area (Å²) in [5.41, 5.74) is 3.01. The van der Waals surface area contributed by atoms with E-state index in [0.29, 0.717) is 29.9 Å². The lowest BCUT2D eigenvalue weighted by atomic mass is 10.0. The molecule has 0 amide bonds. The van der Waals surface area contributed by atoms with E-state index in [0.717, 1.165) is 11.3 Å². The molecule has 18 heavy (non-hydrogen) atoms. The smallest absolute Gasteiger partial charge is 0.167 e. The minimum absolute atomic E-state index is 0.105. The first kappa shape index (κ1) is 10.9. The van der Waals surface area contributed by atoms with E-state index in [9.17, 15) is 9.90 Å². The van der Waals surface area contributed by atoms with Crippen LogP contribution in [0.5, 0.6) is 5.75 Å². The van der Waals surface area contributed by atoms with Gasteiger partial charge in [-0.25, -0.2) is 9.97 Å². The van der Waals surface area contributed by atoms with Crippen LogP contribution in [0.2, 0.25) is 0 Å². The van der Waals surface area contributed by atoms with E-state index in [2.05, 4.69) is 9.97 Å². The Bertz CT molecular complexity index is 633. The maximum absolute atomic E-state index is 11.9. The van der Waals surface area contributed by atoms with Crippen molar-refractivity contribution in [2.24, 2.45) is 0 Å². The predicted molar refractivity (Wildman–Crippen MR) is 66.5 cm³/mol. The Morgan fingerprint density at radius 1 is 1.11 bits per heavy atom. The fourth-order valence-corrected chi connectivity index (χ4v) is 2.29. The highest BCUT2D eigenvalue weighted by Crippen LogP contribution is 2.30. The molecule has 90 valence electrons. The van der Waals surface area contributed by atoms with Gasteiger partial charge >= 0.3 is 0 Å². The van der Waals surface area contributed by atoms with Crippen molar-refractivity contribution in [1.82, 2.24) is 9.97 Å². The van der Waals surface area contributed by atoms with E-state index >= 15 is 0 Å². The molecule has 0 saturated carbocycles. The topological polar surface area (TPSA) is 63.1 Å². The second-order valence-corrected chi connectivity index (χ2v) is 4.41.